The van der Waals surface area contributed by atoms with E-state index in [2.05, 4.69) is 45.6 Å². The van der Waals surface area contributed by atoms with Crippen LogP contribution in [-0.2, 0) is 27.4 Å². The van der Waals surface area contributed by atoms with Gasteiger partial charge in [0, 0.05) is 5.70 Å². The van der Waals surface area contributed by atoms with Crippen molar-refractivity contribution in [2.24, 2.45) is 5.92 Å². The SMILES string of the molecule is C=C/C=C\C=C(/C)n1nnnc1S(=O)(=O)C[C@@H]1CCc2cc(C3CC[C@]4(COC(=O)N4)C3)ccc2C1. The second-order valence-corrected chi connectivity index (χ2v) is 12.1. The molecule has 1 saturated carbocycles. The zero-order valence-electron chi connectivity index (χ0n) is 20.4. The summed E-state index contributed by atoms with van der Waals surface area (Å²) in [6.45, 7) is 5.84. The van der Waals surface area contributed by atoms with Crippen LogP contribution in [0.25, 0.3) is 5.70 Å². The van der Waals surface area contributed by atoms with E-state index in [1.165, 1.54) is 21.4 Å². The minimum Gasteiger partial charge on any atom is -0.447 e. The second kappa shape index (κ2) is 9.65. The summed E-state index contributed by atoms with van der Waals surface area (Å²) in [6, 6.07) is 6.61. The van der Waals surface area contributed by atoms with Crippen LogP contribution in [-0.4, -0.2) is 52.6 Å². The topological polar surface area (TPSA) is 116 Å². The zero-order chi connectivity index (χ0) is 25.3. The first kappa shape index (κ1) is 24.4. The smallest absolute Gasteiger partial charge is 0.407 e. The van der Waals surface area contributed by atoms with Gasteiger partial charge in [-0.15, -0.1) is 0 Å². The van der Waals surface area contributed by atoms with Crippen LogP contribution in [0.2, 0.25) is 0 Å². The maximum absolute atomic E-state index is 13.2. The number of nitrogens with zero attached hydrogens (tertiary/aromatic N) is 4. The van der Waals surface area contributed by atoms with Gasteiger partial charge in [-0.2, -0.15) is 4.68 Å². The molecule has 0 bridgehead atoms. The highest BCUT2D eigenvalue weighted by Crippen LogP contribution is 2.43. The molecule has 1 aromatic carbocycles. The van der Waals surface area contributed by atoms with Gasteiger partial charge >= 0.3 is 6.09 Å². The van der Waals surface area contributed by atoms with Gasteiger partial charge in [0.25, 0.3) is 5.16 Å². The van der Waals surface area contributed by atoms with Gasteiger partial charge in [0.1, 0.15) is 6.61 Å². The number of hydrogen-bond acceptors (Lipinski definition) is 7. The van der Waals surface area contributed by atoms with Crippen molar-refractivity contribution in [3.8, 4) is 0 Å². The molecule has 2 aromatic rings. The van der Waals surface area contributed by atoms with Gasteiger partial charge in [-0.1, -0.05) is 48.1 Å². The lowest BCUT2D eigenvalue weighted by atomic mass is 9.82. The maximum atomic E-state index is 13.2. The molecule has 9 nitrogen and oxygen atoms in total. The van der Waals surface area contributed by atoms with Crippen LogP contribution in [0.1, 0.15) is 55.2 Å². The van der Waals surface area contributed by atoms with Crippen LogP contribution in [0.15, 0.2) is 54.2 Å². The molecule has 1 amide bonds. The number of fused-ring (bicyclic) bond motifs is 1. The number of aromatic nitrogens is 4. The Balaban J connectivity index is 1.26. The highest BCUT2D eigenvalue weighted by atomic mass is 32.2. The molecule has 10 heteroatoms. The van der Waals surface area contributed by atoms with Crippen molar-refractivity contribution in [3.05, 3.63) is 65.8 Å². The number of aryl methyl sites for hydroxylation is 1. The van der Waals surface area contributed by atoms with Gasteiger partial charge in [0.05, 0.1) is 11.3 Å². The van der Waals surface area contributed by atoms with Crippen LogP contribution in [0.3, 0.4) is 0 Å². The molecule has 0 radical (unpaired) electrons. The average Bonchev–Trinajstić information content (AvgIpc) is 3.59. The van der Waals surface area contributed by atoms with E-state index in [0.29, 0.717) is 24.6 Å². The van der Waals surface area contributed by atoms with E-state index >= 15 is 0 Å². The van der Waals surface area contributed by atoms with Crippen molar-refractivity contribution >= 4 is 21.6 Å². The monoisotopic (exact) mass is 509 g/mol. The second-order valence-electron chi connectivity index (χ2n) is 10.1. The fourth-order valence-corrected chi connectivity index (χ4v) is 7.38. The van der Waals surface area contributed by atoms with Gasteiger partial charge in [0.15, 0.2) is 0 Å². The summed E-state index contributed by atoms with van der Waals surface area (Å²) < 4.78 is 32.9. The van der Waals surface area contributed by atoms with Crippen LogP contribution < -0.4 is 5.32 Å². The number of rotatable bonds is 7. The number of nitrogens with one attached hydrogen (secondary N) is 1. The Hall–Kier alpha value is -3.27. The lowest BCUT2D eigenvalue weighted by Crippen LogP contribution is -2.40. The first-order valence-electron chi connectivity index (χ1n) is 12.3. The number of carbonyl (C=O) groups excluding carboxylic acids is 1. The van der Waals surface area contributed by atoms with E-state index in [1.807, 2.05) is 0 Å². The minimum atomic E-state index is -3.67. The molecule has 1 N–H and O–H groups in total. The number of hydrogen-bond donors (Lipinski definition) is 1. The van der Waals surface area contributed by atoms with Crippen LogP contribution >= 0.6 is 0 Å². The summed E-state index contributed by atoms with van der Waals surface area (Å²) in [5, 5.41) is 14.2. The molecule has 36 heavy (non-hydrogen) atoms. The summed E-state index contributed by atoms with van der Waals surface area (Å²) in [7, 11) is -3.67. The fourth-order valence-electron chi connectivity index (χ4n) is 5.72. The molecule has 2 aliphatic carbocycles. The third-order valence-electron chi connectivity index (χ3n) is 7.58. The molecular weight excluding hydrogens is 478 g/mol. The first-order valence-corrected chi connectivity index (χ1v) is 14.0. The summed E-state index contributed by atoms with van der Waals surface area (Å²) in [5.41, 5.74) is 4.19. The molecule has 5 rings (SSSR count). The minimum absolute atomic E-state index is 0.00375. The summed E-state index contributed by atoms with van der Waals surface area (Å²) in [4.78, 5) is 11.6. The van der Waals surface area contributed by atoms with Crippen molar-refractivity contribution < 1.29 is 17.9 Å². The molecule has 3 atom stereocenters. The Morgan fingerprint density at radius 1 is 1.31 bits per heavy atom. The van der Waals surface area contributed by atoms with Gasteiger partial charge in [-0.05, 0) is 90.5 Å². The molecule has 1 aromatic heterocycles. The summed E-state index contributed by atoms with van der Waals surface area (Å²) in [6.07, 6.45) is 11.8. The van der Waals surface area contributed by atoms with Gasteiger partial charge in [0.2, 0.25) is 9.84 Å². The van der Waals surface area contributed by atoms with Gasteiger partial charge in [-0.25, -0.2) is 13.2 Å². The van der Waals surface area contributed by atoms with Crippen LogP contribution in [0.5, 0.6) is 0 Å². The van der Waals surface area contributed by atoms with Crippen molar-refractivity contribution in [2.45, 2.75) is 62.1 Å². The van der Waals surface area contributed by atoms with Gasteiger partial charge < -0.3 is 10.1 Å². The molecular formula is C26H31N5O4S. The number of carbonyl (C=O) groups is 1. The molecule has 1 saturated heterocycles. The van der Waals surface area contributed by atoms with Crippen molar-refractivity contribution in [1.82, 2.24) is 25.5 Å². The summed E-state index contributed by atoms with van der Waals surface area (Å²) >= 11 is 0. The standard InChI is InChI=1S/C26H31N5O4S/c1-3-4-5-6-18(2)31-24(28-29-30-31)36(33,34)16-19-7-8-21-14-22(10-9-20(21)13-19)23-11-12-26(15-23)17-35-25(32)27-26/h3-6,9-10,14,19,23H,1,7-8,11-13,15-17H2,2H3,(H,27,32)/b5-4-,18-6+/t19-,23?,26-/m1/s1. The van der Waals surface area contributed by atoms with E-state index in [-0.39, 0.29) is 28.5 Å². The van der Waals surface area contributed by atoms with E-state index in [4.69, 9.17) is 4.74 Å². The number of sulfone groups is 1. The fraction of sp³-hybridized carbons (Fsp3) is 0.462. The molecule has 1 aliphatic heterocycles. The number of benzene rings is 1. The molecule has 3 aliphatic rings. The number of amides is 1. The Morgan fingerprint density at radius 2 is 2.17 bits per heavy atom. The van der Waals surface area contributed by atoms with Crippen molar-refractivity contribution in [3.63, 3.8) is 0 Å². The number of alkyl carbamates (subject to hydrolysis) is 1. The normalized spacial score (nSPS) is 26.2. The third-order valence-corrected chi connectivity index (χ3v) is 9.30. The number of ether oxygens (including phenoxy) is 1. The quantitative estimate of drug-likeness (QED) is 0.567. The van der Waals surface area contributed by atoms with Crippen molar-refractivity contribution in [2.75, 3.05) is 12.4 Å². The Bertz CT molecular complexity index is 1350. The Morgan fingerprint density at radius 3 is 2.94 bits per heavy atom. The molecule has 1 spiro atoms. The van der Waals surface area contributed by atoms with E-state index in [1.54, 1.807) is 31.2 Å². The average molecular weight is 510 g/mol. The molecule has 2 heterocycles. The lowest BCUT2D eigenvalue weighted by Gasteiger charge is -2.26. The predicted molar refractivity (Wildman–Crippen MR) is 135 cm³/mol. The van der Waals surface area contributed by atoms with Crippen molar-refractivity contribution in [1.29, 1.82) is 0 Å². The highest BCUT2D eigenvalue weighted by molar-refractivity contribution is 7.91. The first-order chi connectivity index (χ1) is 17.3. The van der Waals surface area contributed by atoms with E-state index in [9.17, 15) is 13.2 Å². The highest BCUT2D eigenvalue weighted by Gasteiger charge is 2.46. The lowest BCUT2D eigenvalue weighted by molar-refractivity contribution is 0.172. The molecule has 1 unspecified atom stereocenters. The van der Waals surface area contributed by atoms with Crippen LogP contribution in [0, 0.1) is 5.92 Å². The third kappa shape index (κ3) is 4.86. The number of cyclic esters (lactones) is 1. The largest absolute Gasteiger partial charge is 0.447 e. The zero-order valence-corrected chi connectivity index (χ0v) is 21.2. The predicted octanol–water partition coefficient (Wildman–Crippen LogP) is 3.60. The van der Waals surface area contributed by atoms with E-state index < -0.39 is 9.84 Å². The van der Waals surface area contributed by atoms with E-state index in [0.717, 1.165) is 32.1 Å². The maximum Gasteiger partial charge on any atom is 0.407 e. The Kier molecular flexibility index (Phi) is 6.55. The number of tetrazole rings is 1. The summed E-state index contributed by atoms with van der Waals surface area (Å²) in [5.74, 6) is 0.408. The Labute approximate surface area is 211 Å². The molecule has 2 fully saturated rings. The van der Waals surface area contributed by atoms with Gasteiger partial charge in [-0.3, -0.25) is 0 Å². The molecule has 190 valence electrons. The van der Waals surface area contributed by atoms with Crippen LogP contribution in [0.4, 0.5) is 4.79 Å². The number of allylic oxidation sites excluding steroid dienone is 5.